The highest BCUT2D eigenvalue weighted by atomic mass is 16.5. The van der Waals surface area contributed by atoms with Crippen LogP contribution >= 0.6 is 0 Å². The molecule has 0 saturated heterocycles. The maximum atomic E-state index is 14.2. The van der Waals surface area contributed by atoms with Crippen LogP contribution in [0.5, 0.6) is 6.01 Å². The predicted octanol–water partition coefficient (Wildman–Crippen LogP) is 3.41. The van der Waals surface area contributed by atoms with Gasteiger partial charge in [-0.1, -0.05) is 81.8 Å². The van der Waals surface area contributed by atoms with Gasteiger partial charge in [0.2, 0.25) is 17.7 Å². The molecule has 1 aliphatic carbocycles. The molecule has 1 saturated carbocycles. The minimum atomic E-state index is -1.10. The number of anilines is 2. The van der Waals surface area contributed by atoms with Crippen LogP contribution < -0.4 is 48.5 Å². The highest BCUT2D eigenvalue weighted by Crippen LogP contribution is 2.26. The number of hydrogen-bond acceptors (Lipinski definition) is 16. The Morgan fingerprint density at radius 3 is 2.28 bits per heavy atom. The van der Waals surface area contributed by atoms with Crippen LogP contribution in [0.3, 0.4) is 0 Å². The van der Waals surface area contributed by atoms with E-state index in [0.29, 0.717) is 30.2 Å². The Balaban J connectivity index is 1.21. The standard InChI is InChI=1S/C47H71N17O10/c1-4-5-21-74-45-57-40(48)39-41(58-45)62(28-34-29-63(61-59-34)35-12-9-7-6-8-10-13-35)47(70)64(39)46(69)52-27-32-15-17-33(18-16-32)54-42(66)36(14-11-19-51-44(49)68)55-43(67)38(31(2)3)56-37(65)30-73-26-25-72-24-23-71-22-20-53-60-50/h15-18,29,31,35-36,38H,4-14,19-28,30H2,1-3H3,(H,52,69)(H,54,66)(H,55,67)(H,56,65)(H2,48,57,58)(H3,49,51,68)/t36-,38-/m0/s1. The fourth-order valence-corrected chi connectivity index (χ4v) is 8.02. The van der Waals surface area contributed by atoms with Crippen molar-refractivity contribution in [1.82, 2.24) is 55.4 Å². The van der Waals surface area contributed by atoms with Crippen molar-refractivity contribution >= 4 is 52.5 Å². The smallest absolute Gasteiger partial charge is 0.339 e. The summed E-state index contributed by atoms with van der Waals surface area (Å²) in [7, 11) is 0. The number of nitrogens with zero attached hydrogens (tertiary/aromatic N) is 10. The van der Waals surface area contributed by atoms with E-state index in [1.165, 1.54) is 23.8 Å². The number of fused-ring (bicyclic) bond motifs is 1. The van der Waals surface area contributed by atoms with Gasteiger partial charge < -0.3 is 57.0 Å². The quantitative estimate of drug-likeness (QED) is 0.0170. The zero-order chi connectivity index (χ0) is 53.2. The van der Waals surface area contributed by atoms with Crippen LogP contribution in [0.2, 0.25) is 0 Å². The molecule has 74 heavy (non-hydrogen) atoms. The number of primary amides is 1. The summed E-state index contributed by atoms with van der Waals surface area (Å²) in [6.45, 7) is 6.87. The highest BCUT2D eigenvalue weighted by Gasteiger charge is 2.30. The summed E-state index contributed by atoms with van der Waals surface area (Å²) in [6, 6.07) is 3.04. The van der Waals surface area contributed by atoms with Crippen molar-refractivity contribution in [1.29, 1.82) is 0 Å². The second-order valence-corrected chi connectivity index (χ2v) is 18.0. The number of imidazole rings is 1. The van der Waals surface area contributed by atoms with Gasteiger partial charge in [0.05, 0.1) is 58.4 Å². The summed E-state index contributed by atoms with van der Waals surface area (Å²) < 4.78 is 25.9. The van der Waals surface area contributed by atoms with E-state index >= 15 is 0 Å². The maximum absolute atomic E-state index is 14.2. The molecule has 3 aromatic heterocycles. The Morgan fingerprint density at radius 1 is 0.892 bits per heavy atom. The lowest BCUT2D eigenvalue weighted by molar-refractivity contribution is -0.134. The Hall–Kier alpha value is -7.35. The first-order chi connectivity index (χ1) is 35.8. The molecule has 27 nitrogen and oxygen atoms in total. The molecule has 3 heterocycles. The van der Waals surface area contributed by atoms with E-state index in [0.717, 1.165) is 43.1 Å². The maximum Gasteiger partial charge on any atom is 0.339 e. The van der Waals surface area contributed by atoms with Crippen molar-refractivity contribution in [2.24, 2.45) is 16.8 Å². The number of amides is 6. The van der Waals surface area contributed by atoms with Gasteiger partial charge in [0, 0.05) is 30.2 Å². The van der Waals surface area contributed by atoms with Gasteiger partial charge in [-0.25, -0.2) is 23.6 Å². The first-order valence-electron chi connectivity index (χ1n) is 25.2. The lowest BCUT2D eigenvalue weighted by atomic mass is 9.97. The predicted molar refractivity (Wildman–Crippen MR) is 272 cm³/mol. The molecule has 4 aromatic rings. The third-order valence-electron chi connectivity index (χ3n) is 11.9. The van der Waals surface area contributed by atoms with E-state index < -0.39 is 47.6 Å². The van der Waals surface area contributed by atoms with Crippen molar-refractivity contribution in [3.05, 3.63) is 62.6 Å². The number of ether oxygens (including phenoxy) is 4. The van der Waals surface area contributed by atoms with Gasteiger partial charge in [0.1, 0.15) is 29.9 Å². The average molecular weight is 1030 g/mol. The van der Waals surface area contributed by atoms with Gasteiger partial charge in [-0.15, -0.1) is 5.10 Å². The van der Waals surface area contributed by atoms with Gasteiger partial charge in [-0.2, -0.15) is 9.97 Å². The molecular formula is C47H71N17O10. The molecule has 9 N–H and O–H groups in total. The monoisotopic (exact) mass is 1030 g/mol. The van der Waals surface area contributed by atoms with E-state index in [4.69, 9.17) is 35.9 Å². The van der Waals surface area contributed by atoms with Crippen LogP contribution in [-0.4, -0.2) is 135 Å². The minimum absolute atomic E-state index is 0.00172. The first kappa shape index (κ1) is 57.5. The third kappa shape index (κ3) is 18.3. The third-order valence-corrected chi connectivity index (χ3v) is 11.9. The average Bonchev–Trinajstić information content (AvgIpc) is 3.94. The number of nitrogens with one attached hydrogen (secondary N) is 5. The number of carbonyl (C=O) groups excluding carboxylic acids is 5. The molecule has 27 heteroatoms. The number of urea groups is 1. The SMILES string of the molecule is CCCCOc1nc(N)c2c(n1)n(Cc1cn(C3CCCCCCC3)nn1)c(=O)n2C(=O)NCc1ccc(NC(=O)[C@H](CCCNC(N)=O)NC(=O)[C@@H](NC(=O)COCCOCCOCCN=[N+]=[N-])C(C)C)cc1. The number of hydrogen-bond donors (Lipinski definition) is 7. The van der Waals surface area contributed by atoms with E-state index in [9.17, 15) is 28.8 Å². The van der Waals surface area contributed by atoms with Gasteiger partial charge in [0.15, 0.2) is 11.5 Å². The van der Waals surface area contributed by atoms with Crippen LogP contribution in [0.1, 0.15) is 109 Å². The fraction of sp³-hybridized carbons (Fsp3) is 0.617. The van der Waals surface area contributed by atoms with Crippen molar-refractivity contribution in [2.75, 3.05) is 70.4 Å². The minimum Gasteiger partial charge on any atom is -0.463 e. The Bertz CT molecular complexity index is 2550. The molecule has 2 atom stereocenters. The molecule has 6 amide bonds. The van der Waals surface area contributed by atoms with E-state index in [2.05, 4.69) is 56.9 Å². The highest BCUT2D eigenvalue weighted by molar-refractivity contribution is 5.98. The number of unbranched alkanes of at least 4 members (excludes halogenated alkanes) is 1. The van der Waals surface area contributed by atoms with Crippen LogP contribution in [0.25, 0.3) is 21.6 Å². The molecule has 0 spiro atoms. The summed E-state index contributed by atoms with van der Waals surface area (Å²) in [4.78, 5) is 91.0. The number of azide groups is 1. The van der Waals surface area contributed by atoms with E-state index in [1.807, 2.05) is 17.8 Å². The molecule has 0 aliphatic heterocycles. The van der Waals surface area contributed by atoms with Gasteiger partial charge in [-0.3, -0.25) is 19.0 Å². The number of aromatic nitrogens is 7. The van der Waals surface area contributed by atoms with Crippen LogP contribution in [0.4, 0.5) is 21.1 Å². The molecule has 1 aromatic carbocycles. The molecule has 0 radical (unpaired) electrons. The number of rotatable bonds is 30. The molecule has 1 fully saturated rings. The van der Waals surface area contributed by atoms with Gasteiger partial charge in [0.25, 0.3) is 0 Å². The Kier molecular flexibility index (Phi) is 23.8. The van der Waals surface area contributed by atoms with E-state index in [1.54, 1.807) is 38.1 Å². The molecule has 1 aliphatic rings. The van der Waals surface area contributed by atoms with Crippen LogP contribution in [0.15, 0.2) is 40.4 Å². The zero-order valence-corrected chi connectivity index (χ0v) is 42.5. The van der Waals surface area contributed by atoms with Crippen molar-refractivity contribution < 1.29 is 42.9 Å². The second kappa shape index (κ2) is 30.6. The number of carbonyl (C=O) groups is 5. The largest absolute Gasteiger partial charge is 0.463 e. The molecule has 0 unspecified atom stereocenters. The summed E-state index contributed by atoms with van der Waals surface area (Å²) in [6.07, 6.45) is 11.6. The normalized spacial score (nSPS) is 13.8. The molecule has 5 rings (SSSR count). The van der Waals surface area contributed by atoms with Crippen molar-refractivity contribution in [2.45, 2.75) is 123 Å². The van der Waals surface area contributed by atoms with Crippen molar-refractivity contribution in [3.63, 3.8) is 0 Å². The van der Waals surface area contributed by atoms with Crippen LogP contribution in [0, 0.1) is 5.92 Å². The van der Waals surface area contributed by atoms with Gasteiger partial charge in [-0.05, 0) is 61.2 Å². The number of benzene rings is 1. The summed E-state index contributed by atoms with van der Waals surface area (Å²) in [5.41, 5.74) is 20.8. The number of nitrogen functional groups attached to an aromatic ring is 1. The first-order valence-corrected chi connectivity index (χ1v) is 25.2. The second-order valence-electron chi connectivity index (χ2n) is 18.0. The Labute approximate surface area is 428 Å². The zero-order valence-electron chi connectivity index (χ0n) is 42.5. The number of nitrogens with two attached hydrogens (primary N) is 2. The lowest BCUT2D eigenvalue weighted by Crippen LogP contribution is -2.55. The van der Waals surface area contributed by atoms with Crippen molar-refractivity contribution in [3.8, 4) is 6.01 Å². The van der Waals surface area contributed by atoms with Crippen LogP contribution in [-0.2, 0) is 41.7 Å². The summed E-state index contributed by atoms with van der Waals surface area (Å²) in [5, 5.41) is 25.6. The molecule has 0 bridgehead atoms. The Morgan fingerprint density at radius 2 is 1.59 bits per heavy atom. The molecular weight excluding hydrogens is 963 g/mol. The lowest BCUT2D eigenvalue weighted by Gasteiger charge is -2.25. The van der Waals surface area contributed by atoms with Gasteiger partial charge >= 0.3 is 23.8 Å². The molecule has 404 valence electrons. The fourth-order valence-electron chi connectivity index (χ4n) is 8.02. The van der Waals surface area contributed by atoms with E-state index in [-0.39, 0.29) is 107 Å². The topological polar surface area (TPSA) is 367 Å². The summed E-state index contributed by atoms with van der Waals surface area (Å²) in [5.74, 6) is -2.26. The summed E-state index contributed by atoms with van der Waals surface area (Å²) >= 11 is 0.